The fraction of sp³-hybridized carbons (Fsp3) is 0.389. The first-order valence-corrected chi connectivity index (χ1v) is 8.78. The van der Waals surface area contributed by atoms with E-state index in [1.165, 1.54) is 4.90 Å². The van der Waals surface area contributed by atoms with Crippen LogP contribution in [0.15, 0.2) is 30.3 Å². The average Bonchev–Trinajstić information content (AvgIpc) is 2.87. The first-order valence-electron chi connectivity index (χ1n) is 7.97. The van der Waals surface area contributed by atoms with Gasteiger partial charge in [0.15, 0.2) is 0 Å². The van der Waals surface area contributed by atoms with Crippen LogP contribution in [-0.4, -0.2) is 46.2 Å². The molecule has 0 saturated carbocycles. The Balaban J connectivity index is 1.88. The summed E-state index contributed by atoms with van der Waals surface area (Å²) >= 11 is 1.59. The normalized spacial score (nSPS) is 18.4. The van der Waals surface area contributed by atoms with E-state index in [0.717, 1.165) is 21.1 Å². The molecule has 1 atom stereocenters. The van der Waals surface area contributed by atoms with Crippen LogP contribution in [0.4, 0.5) is 0 Å². The molecule has 0 radical (unpaired) electrons. The van der Waals surface area contributed by atoms with E-state index in [-0.39, 0.29) is 18.4 Å². The second-order valence-corrected chi connectivity index (χ2v) is 7.45. The van der Waals surface area contributed by atoms with Crippen molar-refractivity contribution in [1.82, 2.24) is 14.8 Å². The third-order valence-corrected chi connectivity index (χ3v) is 5.37. The van der Waals surface area contributed by atoms with Crippen LogP contribution in [0.3, 0.4) is 0 Å². The number of hydrogen-bond donors (Lipinski definition) is 0. The zero-order chi connectivity index (χ0) is 17.3. The minimum atomic E-state index is -0.458. The van der Waals surface area contributed by atoms with Crippen molar-refractivity contribution in [2.75, 3.05) is 13.6 Å². The third kappa shape index (κ3) is 3.33. The smallest absolute Gasteiger partial charge is 0.245 e. The summed E-state index contributed by atoms with van der Waals surface area (Å²) in [6, 6.07) is 9.38. The summed E-state index contributed by atoms with van der Waals surface area (Å²) in [4.78, 5) is 34.0. The number of piperazine rings is 1. The van der Waals surface area contributed by atoms with Gasteiger partial charge in [-0.05, 0) is 19.4 Å². The molecule has 1 saturated heterocycles. The highest BCUT2D eigenvalue weighted by molar-refractivity contribution is 7.11. The van der Waals surface area contributed by atoms with Crippen molar-refractivity contribution in [3.8, 4) is 0 Å². The van der Waals surface area contributed by atoms with E-state index < -0.39 is 6.04 Å². The maximum atomic E-state index is 12.7. The molecule has 5 nitrogen and oxygen atoms in total. The van der Waals surface area contributed by atoms with Crippen molar-refractivity contribution in [3.05, 3.63) is 51.5 Å². The Hall–Kier alpha value is -2.21. The monoisotopic (exact) mass is 343 g/mol. The molecule has 126 valence electrons. The van der Waals surface area contributed by atoms with Gasteiger partial charge in [-0.25, -0.2) is 4.98 Å². The molecule has 0 unspecified atom stereocenters. The molecule has 1 aromatic heterocycles. The lowest BCUT2D eigenvalue weighted by Crippen LogP contribution is -2.59. The standard InChI is InChI=1S/C18H21N3O2S/c1-12-16(24-13(2)19-12)10-21-15(9-14-7-5-4-6-8-14)18(23)20(3)11-17(21)22/h4-8,15H,9-11H2,1-3H3/t15-/m0/s1. The van der Waals surface area contributed by atoms with Gasteiger partial charge in [0.25, 0.3) is 0 Å². The van der Waals surface area contributed by atoms with E-state index in [4.69, 9.17) is 0 Å². The second-order valence-electron chi connectivity index (χ2n) is 6.16. The molecule has 24 heavy (non-hydrogen) atoms. The van der Waals surface area contributed by atoms with Crippen molar-refractivity contribution in [2.24, 2.45) is 0 Å². The zero-order valence-corrected chi connectivity index (χ0v) is 15.0. The fourth-order valence-corrected chi connectivity index (χ4v) is 3.98. The Morgan fingerprint density at radius 1 is 1.21 bits per heavy atom. The second kappa shape index (κ2) is 6.73. The van der Waals surface area contributed by atoms with Gasteiger partial charge in [0.2, 0.25) is 11.8 Å². The van der Waals surface area contributed by atoms with Gasteiger partial charge >= 0.3 is 0 Å². The van der Waals surface area contributed by atoms with Crippen LogP contribution in [0, 0.1) is 13.8 Å². The number of thiazole rings is 1. The highest BCUT2D eigenvalue weighted by atomic mass is 32.1. The highest BCUT2D eigenvalue weighted by Gasteiger charge is 2.38. The quantitative estimate of drug-likeness (QED) is 0.855. The van der Waals surface area contributed by atoms with E-state index >= 15 is 0 Å². The number of benzene rings is 1. The van der Waals surface area contributed by atoms with Gasteiger partial charge in [-0.2, -0.15) is 0 Å². The highest BCUT2D eigenvalue weighted by Crippen LogP contribution is 2.24. The number of aryl methyl sites for hydroxylation is 2. The minimum Gasteiger partial charge on any atom is -0.335 e. The third-order valence-electron chi connectivity index (χ3n) is 4.32. The first kappa shape index (κ1) is 16.6. The van der Waals surface area contributed by atoms with Crippen molar-refractivity contribution in [3.63, 3.8) is 0 Å². The molecule has 1 aromatic carbocycles. The number of hydrogen-bond acceptors (Lipinski definition) is 4. The maximum Gasteiger partial charge on any atom is 0.245 e. The Morgan fingerprint density at radius 3 is 2.54 bits per heavy atom. The van der Waals surface area contributed by atoms with E-state index in [1.807, 2.05) is 44.2 Å². The molecule has 3 rings (SSSR count). The summed E-state index contributed by atoms with van der Waals surface area (Å²) in [7, 11) is 1.69. The molecule has 6 heteroatoms. The zero-order valence-electron chi connectivity index (χ0n) is 14.2. The molecular formula is C18H21N3O2S. The lowest BCUT2D eigenvalue weighted by atomic mass is 10.0. The fourth-order valence-electron chi connectivity index (χ4n) is 3.04. The van der Waals surface area contributed by atoms with Crippen molar-refractivity contribution in [1.29, 1.82) is 0 Å². The summed E-state index contributed by atoms with van der Waals surface area (Å²) in [5.41, 5.74) is 2.00. The SMILES string of the molecule is Cc1nc(C)c(CN2C(=O)CN(C)C(=O)[C@@H]2Cc2ccccc2)s1. The van der Waals surface area contributed by atoms with Gasteiger partial charge in [-0.3, -0.25) is 9.59 Å². The predicted octanol–water partition coefficient (Wildman–Crippen LogP) is 2.17. The topological polar surface area (TPSA) is 53.5 Å². The van der Waals surface area contributed by atoms with Gasteiger partial charge in [-0.15, -0.1) is 11.3 Å². The Bertz CT molecular complexity index is 757. The number of aromatic nitrogens is 1. The molecule has 2 aromatic rings. The summed E-state index contributed by atoms with van der Waals surface area (Å²) in [6.07, 6.45) is 0.534. The molecule has 1 fully saturated rings. The van der Waals surface area contributed by atoms with Crippen LogP contribution in [0.1, 0.15) is 21.1 Å². The van der Waals surface area contributed by atoms with E-state index in [0.29, 0.717) is 13.0 Å². The number of amides is 2. The van der Waals surface area contributed by atoms with Crippen molar-refractivity contribution in [2.45, 2.75) is 32.9 Å². The Morgan fingerprint density at radius 2 is 1.92 bits per heavy atom. The lowest BCUT2D eigenvalue weighted by molar-refractivity contribution is -0.155. The van der Waals surface area contributed by atoms with Crippen LogP contribution in [0.25, 0.3) is 0 Å². The molecule has 1 aliphatic heterocycles. The van der Waals surface area contributed by atoms with Crippen molar-refractivity contribution < 1.29 is 9.59 Å². The molecule has 2 heterocycles. The molecule has 0 spiro atoms. The Kier molecular flexibility index (Phi) is 4.66. The average molecular weight is 343 g/mol. The number of nitrogens with zero attached hydrogens (tertiary/aromatic N) is 3. The van der Waals surface area contributed by atoms with Crippen molar-refractivity contribution >= 4 is 23.2 Å². The van der Waals surface area contributed by atoms with Crippen LogP contribution < -0.4 is 0 Å². The summed E-state index contributed by atoms with van der Waals surface area (Å²) in [6.45, 7) is 4.50. The van der Waals surface area contributed by atoms with Crippen LogP contribution in [0.5, 0.6) is 0 Å². The number of likely N-dealkylation sites (N-methyl/N-ethyl adjacent to an activating group) is 1. The summed E-state index contributed by atoms with van der Waals surface area (Å²) in [5, 5.41) is 0.981. The van der Waals surface area contributed by atoms with Gasteiger partial charge in [0, 0.05) is 18.3 Å². The van der Waals surface area contributed by atoms with Gasteiger partial charge in [-0.1, -0.05) is 30.3 Å². The van der Waals surface area contributed by atoms with Crippen LogP contribution in [0.2, 0.25) is 0 Å². The molecule has 0 bridgehead atoms. The number of carbonyl (C=O) groups excluding carboxylic acids is 2. The van der Waals surface area contributed by atoms with Gasteiger partial charge < -0.3 is 9.80 Å². The summed E-state index contributed by atoms with van der Waals surface area (Å²) in [5.74, 6) is -0.0131. The lowest BCUT2D eigenvalue weighted by Gasteiger charge is -2.38. The van der Waals surface area contributed by atoms with Gasteiger partial charge in [0.1, 0.15) is 6.04 Å². The number of rotatable bonds is 4. The number of carbonyl (C=O) groups is 2. The van der Waals surface area contributed by atoms with E-state index in [2.05, 4.69) is 4.98 Å². The molecule has 0 aliphatic carbocycles. The molecule has 0 N–H and O–H groups in total. The summed E-state index contributed by atoms with van der Waals surface area (Å²) < 4.78 is 0. The molecule has 2 amide bonds. The van der Waals surface area contributed by atoms with E-state index in [9.17, 15) is 9.59 Å². The van der Waals surface area contributed by atoms with Crippen LogP contribution in [-0.2, 0) is 22.6 Å². The first-order chi connectivity index (χ1) is 11.5. The predicted molar refractivity (Wildman–Crippen MR) is 93.7 cm³/mol. The maximum absolute atomic E-state index is 12.7. The minimum absolute atomic E-state index is 0.00246. The molecular weight excluding hydrogens is 322 g/mol. The largest absolute Gasteiger partial charge is 0.335 e. The van der Waals surface area contributed by atoms with Crippen LogP contribution >= 0.6 is 11.3 Å². The van der Waals surface area contributed by atoms with Gasteiger partial charge in [0.05, 0.1) is 23.8 Å². The van der Waals surface area contributed by atoms with E-state index in [1.54, 1.807) is 23.3 Å². The Labute approximate surface area is 145 Å². The molecule has 1 aliphatic rings.